The summed E-state index contributed by atoms with van der Waals surface area (Å²) < 4.78 is 5.42. The van der Waals surface area contributed by atoms with Gasteiger partial charge in [0.15, 0.2) is 0 Å². The van der Waals surface area contributed by atoms with Crippen LogP contribution in [0.2, 0.25) is 0 Å². The first-order valence-electron chi connectivity index (χ1n) is 7.35. The summed E-state index contributed by atoms with van der Waals surface area (Å²) in [4.78, 5) is 15.2. The predicted octanol–water partition coefficient (Wildman–Crippen LogP) is 2.19. The van der Waals surface area contributed by atoms with E-state index in [2.05, 4.69) is 20.3 Å². The van der Waals surface area contributed by atoms with E-state index in [0.29, 0.717) is 18.3 Å². The monoisotopic (exact) mass is 305 g/mol. The Kier molecular flexibility index (Phi) is 5.32. The summed E-state index contributed by atoms with van der Waals surface area (Å²) >= 11 is 0. The minimum Gasteiger partial charge on any atom is -0.467 e. The normalized spacial score (nSPS) is 12.5. The zero-order chi connectivity index (χ0) is 16.1. The quantitative estimate of drug-likeness (QED) is 0.810. The van der Waals surface area contributed by atoms with Crippen LogP contribution in [0.1, 0.15) is 43.8 Å². The van der Waals surface area contributed by atoms with E-state index in [1.807, 2.05) is 45.0 Å². The van der Waals surface area contributed by atoms with Crippen molar-refractivity contribution in [2.45, 2.75) is 32.2 Å². The van der Waals surface area contributed by atoms with Crippen molar-refractivity contribution in [1.82, 2.24) is 15.0 Å². The fourth-order valence-electron chi connectivity index (χ4n) is 1.96. The molecular weight excluding hydrogens is 282 g/mol. The van der Waals surface area contributed by atoms with Crippen molar-refractivity contribution in [2.75, 3.05) is 30.9 Å². The lowest BCUT2D eigenvalue weighted by Crippen LogP contribution is -2.19. The third-order valence-corrected chi connectivity index (χ3v) is 3.17. The second kappa shape index (κ2) is 7.22. The number of anilines is 2. The molecule has 0 aliphatic carbocycles. The number of nitrogens with zero attached hydrogens (tertiary/aromatic N) is 4. The van der Waals surface area contributed by atoms with Gasteiger partial charge in [0.1, 0.15) is 11.6 Å². The molecule has 2 rings (SSSR count). The zero-order valence-corrected chi connectivity index (χ0v) is 13.4. The molecule has 1 atom stereocenters. The molecule has 2 aromatic rings. The molecule has 2 aromatic heterocycles. The number of aliphatic hydroxyl groups excluding tert-OH is 1. The number of furan rings is 1. The summed E-state index contributed by atoms with van der Waals surface area (Å²) in [6.45, 7) is 4.12. The van der Waals surface area contributed by atoms with Gasteiger partial charge in [-0.1, -0.05) is 13.8 Å². The van der Waals surface area contributed by atoms with E-state index in [1.54, 1.807) is 6.26 Å². The van der Waals surface area contributed by atoms with Gasteiger partial charge in [-0.05, 0) is 18.6 Å². The molecule has 0 spiro atoms. The van der Waals surface area contributed by atoms with Crippen molar-refractivity contribution in [2.24, 2.45) is 0 Å². The van der Waals surface area contributed by atoms with Crippen LogP contribution in [-0.4, -0.2) is 40.8 Å². The lowest BCUT2D eigenvalue weighted by atomic mass is 10.1. The molecule has 1 unspecified atom stereocenters. The topological polar surface area (TPSA) is 87.3 Å². The van der Waals surface area contributed by atoms with Crippen LogP contribution in [0.5, 0.6) is 0 Å². The fourth-order valence-corrected chi connectivity index (χ4v) is 1.96. The highest BCUT2D eigenvalue weighted by molar-refractivity contribution is 5.37. The van der Waals surface area contributed by atoms with E-state index in [0.717, 1.165) is 11.6 Å². The van der Waals surface area contributed by atoms with Crippen LogP contribution in [0.3, 0.4) is 0 Å². The molecule has 0 saturated carbocycles. The van der Waals surface area contributed by atoms with Crippen molar-refractivity contribution < 1.29 is 9.52 Å². The van der Waals surface area contributed by atoms with Gasteiger partial charge in [-0.15, -0.1) is 0 Å². The summed E-state index contributed by atoms with van der Waals surface area (Å²) in [5, 5.41) is 12.5. The van der Waals surface area contributed by atoms with Crippen molar-refractivity contribution in [3.8, 4) is 0 Å². The Morgan fingerprint density at radius 3 is 2.59 bits per heavy atom. The summed E-state index contributed by atoms with van der Waals surface area (Å²) in [6, 6.07) is 3.50. The molecule has 0 aliphatic rings. The number of aromatic nitrogens is 3. The molecule has 0 fully saturated rings. The Morgan fingerprint density at radius 1 is 1.27 bits per heavy atom. The Labute approximate surface area is 130 Å². The number of aliphatic hydroxyl groups is 1. The molecule has 2 N–H and O–H groups in total. The predicted molar refractivity (Wildman–Crippen MR) is 85.0 cm³/mol. The standard InChI is InChI=1S/C15H23N5O2/c1-10(2)13-17-14(19-15(18-13)20(3)4)16-11(7-8-21)12-6-5-9-22-12/h5-6,9-11,21H,7-8H2,1-4H3,(H,16,17,18,19). The molecule has 0 radical (unpaired) electrons. The van der Waals surface area contributed by atoms with Crippen molar-refractivity contribution >= 4 is 11.9 Å². The van der Waals surface area contributed by atoms with Crippen LogP contribution in [0.4, 0.5) is 11.9 Å². The average molecular weight is 305 g/mol. The summed E-state index contributed by atoms with van der Waals surface area (Å²) in [5.41, 5.74) is 0. The number of rotatable bonds is 7. The fraction of sp³-hybridized carbons (Fsp3) is 0.533. The number of hydrogen-bond acceptors (Lipinski definition) is 7. The van der Waals surface area contributed by atoms with Gasteiger partial charge in [0.25, 0.3) is 0 Å². The highest BCUT2D eigenvalue weighted by Crippen LogP contribution is 2.23. The van der Waals surface area contributed by atoms with Crippen LogP contribution < -0.4 is 10.2 Å². The molecule has 0 bridgehead atoms. The molecule has 7 heteroatoms. The molecule has 120 valence electrons. The van der Waals surface area contributed by atoms with Gasteiger partial charge in [0.05, 0.1) is 12.3 Å². The first kappa shape index (κ1) is 16.2. The van der Waals surface area contributed by atoms with E-state index in [4.69, 9.17) is 4.42 Å². The van der Waals surface area contributed by atoms with Gasteiger partial charge in [0, 0.05) is 26.6 Å². The van der Waals surface area contributed by atoms with E-state index in [9.17, 15) is 5.11 Å². The largest absolute Gasteiger partial charge is 0.467 e. The molecule has 0 aliphatic heterocycles. The molecule has 2 heterocycles. The molecular formula is C15H23N5O2. The number of hydrogen-bond donors (Lipinski definition) is 2. The van der Waals surface area contributed by atoms with Gasteiger partial charge < -0.3 is 19.7 Å². The SMILES string of the molecule is CC(C)c1nc(NC(CCO)c2ccco2)nc(N(C)C)n1. The zero-order valence-electron chi connectivity index (χ0n) is 13.4. The van der Waals surface area contributed by atoms with Crippen molar-refractivity contribution in [3.63, 3.8) is 0 Å². The third-order valence-electron chi connectivity index (χ3n) is 3.17. The Hall–Kier alpha value is -2.15. The maximum absolute atomic E-state index is 9.26. The van der Waals surface area contributed by atoms with Gasteiger partial charge in [0.2, 0.25) is 11.9 Å². The van der Waals surface area contributed by atoms with E-state index in [-0.39, 0.29) is 18.6 Å². The lowest BCUT2D eigenvalue weighted by molar-refractivity contribution is 0.273. The Morgan fingerprint density at radius 2 is 2.05 bits per heavy atom. The highest BCUT2D eigenvalue weighted by Gasteiger charge is 2.17. The maximum atomic E-state index is 9.26. The molecule has 22 heavy (non-hydrogen) atoms. The maximum Gasteiger partial charge on any atom is 0.229 e. The van der Waals surface area contributed by atoms with E-state index >= 15 is 0 Å². The molecule has 0 saturated heterocycles. The van der Waals surface area contributed by atoms with Crippen LogP contribution >= 0.6 is 0 Å². The van der Waals surface area contributed by atoms with Gasteiger partial charge >= 0.3 is 0 Å². The Bertz CT molecular complexity index is 557. The minimum absolute atomic E-state index is 0.0427. The Balaban J connectivity index is 2.29. The summed E-state index contributed by atoms with van der Waals surface area (Å²) in [7, 11) is 3.78. The smallest absolute Gasteiger partial charge is 0.229 e. The summed E-state index contributed by atoms with van der Waals surface area (Å²) in [6.07, 6.45) is 2.12. The highest BCUT2D eigenvalue weighted by atomic mass is 16.3. The number of nitrogens with one attached hydrogen (secondary N) is 1. The van der Waals surface area contributed by atoms with Crippen LogP contribution in [0.25, 0.3) is 0 Å². The average Bonchev–Trinajstić information content (AvgIpc) is 3.00. The van der Waals surface area contributed by atoms with E-state index in [1.165, 1.54) is 0 Å². The van der Waals surface area contributed by atoms with Crippen molar-refractivity contribution in [1.29, 1.82) is 0 Å². The van der Waals surface area contributed by atoms with Gasteiger partial charge in [-0.25, -0.2) is 0 Å². The molecule has 0 amide bonds. The van der Waals surface area contributed by atoms with E-state index < -0.39 is 0 Å². The lowest BCUT2D eigenvalue weighted by Gasteiger charge is -2.18. The third kappa shape index (κ3) is 3.94. The second-order valence-corrected chi connectivity index (χ2v) is 5.59. The molecule has 7 nitrogen and oxygen atoms in total. The minimum atomic E-state index is -0.183. The van der Waals surface area contributed by atoms with Crippen LogP contribution in [-0.2, 0) is 0 Å². The van der Waals surface area contributed by atoms with Gasteiger partial charge in [-0.3, -0.25) is 0 Å². The van der Waals surface area contributed by atoms with Crippen molar-refractivity contribution in [3.05, 3.63) is 30.0 Å². The second-order valence-electron chi connectivity index (χ2n) is 5.59. The first-order chi connectivity index (χ1) is 10.5. The molecule has 0 aromatic carbocycles. The first-order valence-corrected chi connectivity index (χ1v) is 7.35. The van der Waals surface area contributed by atoms with Crippen LogP contribution in [0, 0.1) is 0 Å². The van der Waals surface area contributed by atoms with Gasteiger partial charge in [-0.2, -0.15) is 15.0 Å². The summed E-state index contributed by atoms with van der Waals surface area (Å²) in [5.74, 6) is 2.75. The van der Waals surface area contributed by atoms with Crippen LogP contribution in [0.15, 0.2) is 22.8 Å².